The summed E-state index contributed by atoms with van der Waals surface area (Å²) in [4.78, 5) is 31.5. The Labute approximate surface area is 238 Å². The highest BCUT2D eigenvalue weighted by Crippen LogP contribution is 2.21. The fraction of sp³-hybridized carbons (Fsp3) is 0.161. The average Bonchev–Trinajstić information content (AvgIpc) is 2.97. The molecule has 0 saturated heterocycles. The Balaban J connectivity index is 1.47. The number of fused-ring (bicyclic) bond motifs is 1. The molecule has 1 aromatic heterocycles. The van der Waals surface area contributed by atoms with E-state index in [9.17, 15) is 9.59 Å². The molecule has 1 heterocycles. The van der Waals surface area contributed by atoms with Crippen molar-refractivity contribution in [3.05, 3.63) is 114 Å². The van der Waals surface area contributed by atoms with Gasteiger partial charge in [0.25, 0.3) is 0 Å². The number of nitrogens with zero attached hydrogens (tertiary/aromatic N) is 2. The number of anilines is 1. The molecule has 4 rings (SSSR count). The highest BCUT2D eigenvalue weighted by molar-refractivity contribution is 7.80. The van der Waals surface area contributed by atoms with Gasteiger partial charge in [-0.3, -0.25) is 19.5 Å². The fourth-order valence-corrected chi connectivity index (χ4v) is 4.32. The third kappa shape index (κ3) is 7.95. The first-order chi connectivity index (χ1) is 19.4. The smallest absolute Gasteiger partial charge is 0.324 e. The lowest BCUT2D eigenvalue weighted by atomic mass is 10.1. The molecule has 2 atom stereocenters. The van der Waals surface area contributed by atoms with E-state index in [0.29, 0.717) is 12.1 Å². The van der Waals surface area contributed by atoms with Crippen molar-refractivity contribution in [2.45, 2.75) is 25.6 Å². The minimum absolute atomic E-state index is 0.227. The van der Waals surface area contributed by atoms with Crippen LogP contribution < -0.4 is 16.4 Å². The van der Waals surface area contributed by atoms with E-state index < -0.39 is 18.2 Å². The number of ether oxygens (including phenoxy) is 1. The van der Waals surface area contributed by atoms with Gasteiger partial charge < -0.3 is 21.1 Å². The Hall–Kier alpha value is -4.60. The van der Waals surface area contributed by atoms with Crippen LogP contribution in [-0.2, 0) is 20.7 Å². The van der Waals surface area contributed by atoms with E-state index >= 15 is 0 Å². The van der Waals surface area contributed by atoms with Crippen LogP contribution in [0.4, 0.5) is 5.69 Å². The molecule has 8 nitrogen and oxygen atoms in total. The van der Waals surface area contributed by atoms with E-state index in [2.05, 4.69) is 15.6 Å². The molecule has 1 amide bonds. The van der Waals surface area contributed by atoms with Crippen molar-refractivity contribution in [3.63, 3.8) is 0 Å². The van der Waals surface area contributed by atoms with Crippen molar-refractivity contribution in [2.75, 3.05) is 12.0 Å². The van der Waals surface area contributed by atoms with Crippen LogP contribution in [0.1, 0.15) is 18.1 Å². The fourth-order valence-electron chi connectivity index (χ4n) is 4.00. The summed E-state index contributed by atoms with van der Waals surface area (Å²) in [7, 11) is 0. The number of hydrogen-bond acceptors (Lipinski definition) is 6. The largest absolute Gasteiger partial charge is 0.443 e. The quantitative estimate of drug-likeness (QED) is 0.114. The number of carbonyl (C=O) groups excluding carboxylic acids is 2. The van der Waals surface area contributed by atoms with Gasteiger partial charge in [0.2, 0.25) is 5.91 Å². The first-order valence-corrected chi connectivity index (χ1v) is 13.2. The molecule has 3 aromatic carbocycles. The van der Waals surface area contributed by atoms with Gasteiger partial charge in [0.05, 0.1) is 11.2 Å². The third-order valence-electron chi connectivity index (χ3n) is 6.13. The van der Waals surface area contributed by atoms with Crippen LogP contribution in [0.25, 0.3) is 17.0 Å². The van der Waals surface area contributed by atoms with Gasteiger partial charge in [-0.15, -0.1) is 0 Å². The van der Waals surface area contributed by atoms with Gasteiger partial charge in [-0.25, -0.2) is 0 Å². The Morgan fingerprint density at radius 1 is 1.00 bits per heavy atom. The van der Waals surface area contributed by atoms with Gasteiger partial charge in [-0.05, 0) is 54.9 Å². The predicted molar refractivity (Wildman–Crippen MR) is 162 cm³/mol. The van der Waals surface area contributed by atoms with Gasteiger partial charge >= 0.3 is 5.97 Å². The molecule has 0 bridgehead atoms. The van der Waals surface area contributed by atoms with E-state index in [4.69, 9.17) is 22.7 Å². The number of pyridine rings is 1. The summed E-state index contributed by atoms with van der Waals surface area (Å²) in [6, 6.07) is 27.6. The summed E-state index contributed by atoms with van der Waals surface area (Å²) in [6.07, 6.45) is 4.56. The minimum Gasteiger partial charge on any atom is -0.443 e. The molecule has 0 aliphatic heterocycles. The number of para-hydroxylation sites is 1. The molecule has 1 unspecified atom stereocenters. The second-order valence-electron chi connectivity index (χ2n) is 9.10. The number of aromatic nitrogens is 1. The SMILES string of the molecule is CC(NC(=O)/C=C/c1ccccc1)N(COC(=O)[C@@H](N)Cc1ccccc1)C(=S)Nc1cccc2cccnc12. The second-order valence-corrected chi connectivity index (χ2v) is 9.48. The molecule has 0 spiro atoms. The van der Waals surface area contributed by atoms with Gasteiger partial charge in [0, 0.05) is 17.7 Å². The van der Waals surface area contributed by atoms with Crippen LogP contribution in [0.3, 0.4) is 0 Å². The van der Waals surface area contributed by atoms with Gasteiger partial charge in [-0.1, -0.05) is 78.9 Å². The Bertz CT molecular complexity index is 1480. The molecule has 40 heavy (non-hydrogen) atoms. The number of carbonyl (C=O) groups is 2. The third-order valence-corrected chi connectivity index (χ3v) is 6.46. The van der Waals surface area contributed by atoms with Crippen molar-refractivity contribution in [1.29, 1.82) is 0 Å². The normalized spacial score (nSPS) is 12.4. The standard InChI is InChI=1S/C31H31N5O3S/c1-22(34-28(37)18-17-23-10-4-2-5-11-23)36(21-39-30(38)26(32)20-24-12-6-3-7-13-24)31(40)35-27-16-8-14-25-15-9-19-33-29(25)27/h2-19,22,26H,20-21,32H2,1H3,(H,34,37)(H,35,40)/b18-17+/t22?,26-/m0/s1. The number of hydrogen-bond donors (Lipinski definition) is 3. The monoisotopic (exact) mass is 553 g/mol. The summed E-state index contributed by atoms with van der Waals surface area (Å²) in [5, 5.41) is 7.25. The van der Waals surface area contributed by atoms with Crippen LogP contribution in [0.15, 0.2) is 103 Å². The molecule has 0 aliphatic carbocycles. The summed E-state index contributed by atoms with van der Waals surface area (Å²) < 4.78 is 5.57. The lowest BCUT2D eigenvalue weighted by molar-refractivity contribution is -0.149. The van der Waals surface area contributed by atoms with E-state index in [1.807, 2.05) is 91.0 Å². The number of rotatable bonds is 10. The summed E-state index contributed by atoms with van der Waals surface area (Å²) in [6.45, 7) is 1.52. The van der Waals surface area contributed by atoms with Crippen LogP contribution in [0.2, 0.25) is 0 Å². The maximum Gasteiger partial charge on any atom is 0.324 e. The predicted octanol–water partition coefficient (Wildman–Crippen LogP) is 4.48. The number of amides is 1. The van der Waals surface area contributed by atoms with Gasteiger partial charge in [0.15, 0.2) is 11.8 Å². The molecule has 0 aliphatic rings. The number of nitrogens with two attached hydrogens (primary N) is 1. The lowest BCUT2D eigenvalue weighted by Crippen LogP contribution is -2.52. The molecular formula is C31H31N5O3S. The maximum atomic E-state index is 12.8. The number of thiocarbonyl (C=S) groups is 1. The summed E-state index contributed by atoms with van der Waals surface area (Å²) >= 11 is 5.71. The van der Waals surface area contributed by atoms with Gasteiger partial charge in [-0.2, -0.15) is 0 Å². The highest BCUT2D eigenvalue weighted by Gasteiger charge is 2.23. The first kappa shape index (κ1) is 28.4. The molecule has 204 valence electrons. The van der Waals surface area contributed by atoms with E-state index in [1.165, 1.54) is 6.08 Å². The first-order valence-electron chi connectivity index (χ1n) is 12.8. The van der Waals surface area contributed by atoms with Crippen molar-refractivity contribution < 1.29 is 14.3 Å². The van der Waals surface area contributed by atoms with Crippen molar-refractivity contribution >= 4 is 51.9 Å². The molecule has 9 heteroatoms. The molecule has 0 radical (unpaired) electrons. The lowest BCUT2D eigenvalue weighted by Gasteiger charge is -2.31. The molecule has 4 aromatic rings. The summed E-state index contributed by atoms with van der Waals surface area (Å²) in [5.74, 6) is -0.908. The Kier molecular flexibility index (Phi) is 9.93. The molecular weight excluding hydrogens is 522 g/mol. The molecule has 4 N–H and O–H groups in total. The minimum atomic E-state index is -0.855. The van der Waals surface area contributed by atoms with Crippen LogP contribution >= 0.6 is 12.2 Å². The van der Waals surface area contributed by atoms with Crippen molar-refractivity contribution in [1.82, 2.24) is 15.2 Å². The Morgan fingerprint density at radius 3 is 2.45 bits per heavy atom. The molecule has 0 saturated carbocycles. The molecule has 0 fully saturated rings. The van der Waals surface area contributed by atoms with Gasteiger partial charge in [0.1, 0.15) is 12.2 Å². The van der Waals surface area contributed by atoms with E-state index in [1.54, 1.807) is 24.1 Å². The van der Waals surface area contributed by atoms with Crippen LogP contribution in [0, 0.1) is 0 Å². The number of esters is 1. The van der Waals surface area contributed by atoms with Crippen molar-refractivity contribution in [3.8, 4) is 0 Å². The zero-order valence-electron chi connectivity index (χ0n) is 22.1. The number of nitrogens with one attached hydrogen (secondary N) is 2. The van der Waals surface area contributed by atoms with Crippen molar-refractivity contribution in [2.24, 2.45) is 5.73 Å². The zero-order valence-corrected chi connectivity index (χ0v) is 22.9. The maximum absolute atomic E-state index is 12.8. The summed E-state index contributed by atoms with van der Waals surface area (Å²) in [5.41, 5.74) is 9.36. The van der Waals surface area contributed by atoms with E-state index in [-0.39, 0.29) is 17.8 Å². The van der Waals surface area contributed by atoms with Crippen LogP contribution in [-0.4, -0.2) is 45.8 Å². The zero-order chi connectivity index (χ0) is 28.3. The highest BCUT2D eigenvalue weighted by atomic mass is 32.1. The van der Waals surface area contributed by atoms with E-state index in [0.717, 1.165) is 22.0 Å². The number of benzene rings is 3. The topological polar surface area (TPSA) is 110 Å². The average molecular weight is 554 g/mol. The van der Waals surface area contributed by atoms with Crippen LogP contribution in [0.5, 0.6) is 0 Å². The second kappa shape index (κ2) is 14.0. The Morgan fingerprint density at radius 2 is 1.70 bits per heavy atom.